The molecule has 0 heterocycles. The highest BCUT2D eigenvalue weighted by molar-refractivity contribution is 5.85. The Morgan fingerprint density at radius 2 is 1.12 bits per heavy atom. The average Bonchev–Trinajstić information content (AvgIpc) is 2.25. The summed E-state index contributed by atoms with van der Waals surface area (Å²) >= 11 is 0. The van der Waals surface area contributed by atoms with Gasteiger partial charge in [-0.15, -0.1) is 24.8 Å². The molecule has 0 fully saturated rings. The maximum Gasteiger partial charge on any atom is 0.164 e. The van der Waals surface area contributed by atoms with Gasteiger partial charge in [-0.1, -0.05) is 13.8 Å². The van der Waals surface area contributed by atoms with Gasteiger partial charge >= 0.3 is 0 Å². The molecule has 6 heteroatoms. The lowest BCUT2D eigenvalue weighted by atomic mass is 10.0. The van der Waals surface area contributed by atoms with Crippen LogP contribution in [0.1, 0.15) is 40.5 Å². The highest BCUT2D eigenvalue weighted by Crippen LogP contribution is 2.20. The summed E-state index contributed by atoms with van der Waals surface area (Å²) in [7, 11) is 0. The van der Waals surface area contributed by atoms with Crippen LogP contribution in [0.4, 0.5) is 0 Å². The smallest absolute Gasteiger partial charge is 0.164 e. The molecule has 0 aromatic carbocycles. The van der Waals surface area contributed by atoms with Crippen LogP contribution >= 0.6 is 24.8 Å². The maximum atomic E-state index is 8.84. The first-order valence-electron chi connectivity index (χ1n) is 4.72. The molecule has 0 aliphatic heterocycles. The van der Waals surface area contributed by atoms with Gasteiger partial charge in [-0.25, -0.2) is 0 Å². The van der Waals surface area contributed by atoms with E-state index in [-0.39, 0.29) is 24.8 Å². The predicted molar refractivity (Wildman–Crippen MR) is 68.0 cm³/mol. The van der Waals surface area contributed by atoms with Crippen LogP contribution in [0.3, 0.4) is 0 Å². The van der Waals surface area contributed by atoms with Crippen molar-refractivity contribution in [3.05, 3.63) is 0 Å². The standard InChI is InChI=1S/C10H16N4.2ClH/c1-5-9(3,7-11)13-14-10(4,6-2)8-12;;/h5-6H2,1-4H3;2*1H. The summed E-state index contributed by atoms with van der Waals surface area (Å²) < 4.78 is 0. The molecular weight excluding hydrogens is 247 g/mol. The summed E-state index contributed by atoms with van der Waals surface area (Å²) in [5.74, 6) is 0. The fourth-order valence-corrected chi connectivity index (χ4v) is 0.565. The van der Waals surface area contributed by atoms with Crippen LogP contribution in [-0.2, 0) is 0 Å². The zero-order valence-corrected chi connectivity index (χ0v) is 11.7. The van der Waals surface area contributed by atoms with Crippen molar-refractivity contribution in [3.63, 3.8) is 0 Å². The van der Waals surface area contributed by atoms with Crippen molar-refractivity contribution in [1.29, 1.82) is 10.5 Å². The number of hydrogen-bond donors (Lipinski definition) is 0. The Hall–Kier alpha value is -0.840. The third-order valence-electron chi connectivity index (χ3n) is 2.35. The quantitative estimate of drug-likeness (QED) is 0.727. The predicted octanol–water partition coefficient (Wildman–Crippen LogP) is 3.67. The minimum absolute atomic E-state index is 0. The topological polar surface area (TPSA) is 72.3 Å². The van der Waals surface area contributed by atoms with Crippen molar-refractivity contribution in [2.45, 2.75) is 51.6 Å². The fourth-order valence-electron chi connectivity index (χ4n) is 0.565. The molecule has 16 heavy (non-hydrogen) atoms. The number of nitriles is 2. The van der Waals surface area contributed by atoms with Crippen molar-refractivity contribution >= 4 is 24.8 Å². The van der Waals surface area contributed by atoms with E-state index in [1.807, 2.05) is 13.8 Å². The molecule has 2 atom stereocenters. The van der Waals surface area contributed by atoms with E-state index in [9.17, 15) is 0 Å². The summed E-state index contributed by atoms with van der Waals surface area (Å²) in [6.07, 6.45) is 1.19. The van der Waals surface area contributed by atoms with E-state index in [1.165, 1.54) is 0 Å². The second-order valence-corrected chi connectivity index (χ2v) is 3.68. The van der Waals surface area contributed by atoms with Crippen molar-refractivity contribution in [3.8, 4) is 12.1 Å². The highest BCUT2D eigenvalue weighted by Gasteiger charge is 2.25. The molecule has 0 aromatic rings. The Kier molecular flexibility index (Phi) is 10.7. The zero-order chi connectivity index (χ0) is 11.2. The molecule has 0 aromatic heterocycles. The lowest BCUT2D eigenvalue weighted by Gasteiger charge is -2.16. The second-order valence-electron chi connectivity index (χ2n) is 3.68. The molecule has 0 saturated carbocycles. The van der Waals surface area contributed by atoms with Gasteiger partial charge in [0.15, 0.2) is 11.1 Å². The minimum atomic E-state index is -0.798. The number of rotatable bonds is 4. The molecule has 0 rings (SSSR count). The largest absolute Gasteiger partial charge is 0.196 e. The number of hydrogen-bond acceptors (Lipinski definition) is 4. The van der Waals surface area contributed by atoms with E-state index in [0.717, 1.165) is 0 Å². The fraction of sp³-hybridized carbons (Fsp3) is 0.800. The zero-order valence-electron chi connectivity index (χ0n) is 10.0. The first kappa shape index (κ1) is 20.6. The molecule has 0 N–H and O–H groups in total. The van der Waals surface area contributed by atoms with Gasteiger partial charge in [0.25, 0.3) is 0 Å². The Balaban J connectivity index is -0.000000845. The highest BCUT2D eigenvalue weighted by atomic mass is 35.5. The Morgan fingerprint density at radius 3 is 1.25 bits per heavy atom. The van der Waals surface area contributed by atoms with Crippen LogP contribution in [0.15, 0.2) is 10.2 Å². The van der Waals surface area contributed by atoms with Crippen molar-refractivity contribution < 1.29 is 0 Å². The normalized spacial score (nSPS) is 16.9. The molecule has 0 saturated heterocycles. The first-order chi connectivity index (χ1) is 6.45. The third kappa shape index (κ3) is 5.90. The van der Waals surface area contributed by atoms with Gasteiger partial charge in [-0.2, -0.15) is 20.8 Å². The molecule has 2 unspecified atom stereocenters. The molecule has 0 aliphatic rings. The van der Waals surface area contributed by atoms with E-state index in [1.54, 1.807) is 13.8 Å². The number of azo groups is 1. The molecule has 4 nitrogen and oxygen atoms in total. The molecule has 0 bridgehead atoms. The molecular formula is C10H18Cl2N4. The Labute approximate surface area is 110 Å². The van der Waals surface area contributed by atoms with Gasteiger partial charge in [0.1, 0.15) is 0 Å². The Morgan fingerprint density at radius 1 is 0.875 bits per heavy atom. The first-order valence-corrected chi connectivity index (χ1v) is 4.72. The summed E-state index contributed by atoms with van der Waals surface area (Å²) in [4.78, 5) is 0. The van der Waals surface area contributed by atoms with Gasteiger partial charge in [-0.05, 0) is 26.7 Å². The molecule has 0 aliphatic carbocycles. The van der Waals surface area contributed by atoms with Crippen molar-refractivity contribution in [2.24, 2.45) is 10.2 Å². The van der Waals surface area contributed by atoms with Gasteiger partial charge < -0.3 is 0 Å². The van der Waals surface area contributed by atoms with Gasteiger partial charge in [0, 0.05) is 0 Å². The van der Waals surface area contributed by atoms with Crippen molar-refractivity contribution in [2.75, 3.05) is 0 Å². The van der Waals surface area contributed by atoms with E-state index < -0.39 is 11.1 Å². The summed E-state index contributed by atoms with van der Waals surface area (Å²) in [5, 5.41) is 25.6. The summed E-state index contributed by atoms with van der Waals surface area (Å²) in [5.41, 5.74) is -1.60. The summed E-state index contributed by atoms with van der Waals surface area (Å²) in [6, 6.07) is 4.16. The van der Waals surface area contributed by atoms with Crippen LogP contribution in [0.2, 0.25) is 0 Å². The second kappa shape index (κ2) is 8.33. The van der Waals surface area contributed by atoms with Crippen LogP contribution in [0, 0.1) is 22.7 Å². The van der Waals surface area contributed by atoms with Crippen LogP contribution in [-0.4, -0.2) is 11.1 Å². The monoisotopic (exact) mass is 264 g/mol. The van der Waals surface area contributed by atoms with Gasteiger partial charge in [-0.3, -0.25) is 0 Å². The number of nitrogens with zero attached hydrogens (tertiary/aromatic N) is 4. The van der Waals surface area contributed by atoms with E-state index >= 15 is 0 Å². The lowest BCUT2D eigenvalue weighted by molar-refractivity contribution is 0.473. The third-order valence-corrected chi connectivity index (χ3v) is 2.35. The van der Waals surface area contributed by atoms with Gasteiger partial charge in [0.2, 0.25) is 0 Å². The molecule has 0 spiro atoms. The SMILES string of the molecule is CCC(C)(C#N)N=NC(C)(C#N)CC.Cl.Cl. The van der Waals surface area contributed by atoms with Crippen molar-refractivity contribution in [1.82, 2.24) is 0 Å². The maximum absolute atomic E-state index is 8.84. The van der Waals surface area contributed by atoms with Crippen LogP contribution in [0.25, 0.3) is 0 Å². The lowest BCUT2D eigenvalue weighted by Crippen LogP contribution is -2.22. The molecule has 0 amide bonds. The average molecular weight is 265 g/mol. The molecule has 0 radical (unpaired) electrons. The molecule has 92 valence electrons. The minimum Gasteiger partial charge on any atom is -0.196 e. The van der Waals surface area contributed by atoms with E-state index in [0.29, 0.717) is 12.8 Å². The summed E-state index contributed by atoms with van der Waals surface area (Å²) in [6.45, 7) is 7.17. The Bertz CT molecular complexity index is 275. The van der Waals surface area contributed by atoms with E-state index in [2.05, 4.69) is 22.4 Å². The number of halogens is 2. The van der Waals surface area contributed by atoms with Crippen LogP contribution in [0.5, 0.6) is 0 Å². The van der Waals surface area contributed by atoms with E-state index in [4.69, 9.17) is 10.5 Å². The van der Waals surface area contributed by atoms with Crippen LogP contribution < -0.4 is 0 Å². The van der Waals surface area contributed by atoms with Gasteiger partial charge in [0.05, 0.1) is 12.1 Å².